The van der Waals surface area contributed by atoms with Crippen LogP contribution in [0.4, 0.5) is 10.2 Å². The van der Waals surface area contributed by atoms with E-state index in [-0.39, 0.29) is 5.82 Å². The number of hydrogen-bond donors (Lipinski definition) is 2. The maximum absolute atomic E-state index is 14.4. The molecular formula is C22H26FN5. The summed E-state index contributed by atoms with van der Waals surface area (Å²) in [4.78, 5) is 10.4. The van der Waals surface area contributed by atoms with Crippen LogP contribution in [0.2, 0.25) is 0 Å². The van der Waals surface area contributed by atoms with E-state index in [9.17, 15) is 4.39 Å². The zero-order chi connectivity index (χ0) is 19.9. The van der Waals surface area contributed by atoms with Gasteiger partial charge in [-0.2, -0.15) is 0 Å². The Morgan fingerprint density at radius 2 is 1.75 bits per heavy atom. The molecule has 0 amide bonds. The van der Waals surface area contributed by atoms with Gasteiger partial charge in [-0.25, -0.2) is 9.37 Å². The van der Waals surface area contributed by atoms with Crippen LogP contribution in [0.1, 0.15) is 5.56 Å². The lowest BCUT2D eigenvalue weighted by molar-refractivity contribution is 0.291. The first kappa shape index (κ1) is 19.9. The lowest BCUT2D eigenvalue weighted by Crippen LogP contribution is -2.40. The molecule has 0 saturated carbocycles. The first-order chi connectivity index (χ1) is 13.5. The van der Waals surface area contributed by atoms with Crippen LogP contribution < -0.4 is 11.1 Å². The number of aromatic nitrogens is 2. The molecule has 4 rings (SSSR count). The summed E-state index contributed by atoms with van der Waals surface area (Å²) in [5, 5.41) is 3.27. The van der Waals surface area contributed by atoms with E-state index in [0.29, 0.717) is 17.1 Å². The normalized spacial score (nSPS) is 14.2. The van der Waals surface area contributed by atoms with Gasteiger partial charge in [-0.15, -0.1) is 0 Å². The van der Waals surface area contributed by atoms with Crippen molar-refractivity contribution >= 4 is 5.82 Å². The third-order valence-corrected chi connectivity index (χ3v) is 4.71. The van der Waals surface area contributed by atoms with Gasteiger partial charge < -0.3 is 16.0 Å². The highest BCUT2D eigenvalue weighted by atomic mass is 19.1. The summed E-state index contributed by atoms with van der Waals surface area (Å²) >= 11 is 0. The highest BCUT2D eigenvalue weighted by molar-refractivity contribution is 5.71. The van der Waals surface area contributed by atoms with Crippen molar-refractivity contribution in [1.29, 1.82) is 0 Å². The van der Waals surface area contributed by atoms with E-state index in [0.717, 1.165) is 29.8 Å². The third kappa shape index (κ3) is 5.12. The van der Waals surface area contributed by atoms with Crippen molar-refractivity contribution < 1.29 is 4.39 Å². The van der Waals surface area contributed by atoms with E-state index in [4.69, 9.17) is 5.73 Å². The van der Waals surface area contributed by atoms with Crippen LogP contribution in [0.15, 0.2) is 54.9 Å². The number of hydrogen-bond acceptors (Lipinski definition) is 5. The number of likely N-dealkylation sites (N-methyl/N-ethyl adjacent to an activating group) is 1. The van der Waals surface area contributed by atoms with Gasteiger partial charge in [0.2, 0.25) is 0 Å². The van der Waals surface area contributed by atoms with Gasteiger partial charge in [0.05, 0.1) is 18.1 Å². The van der Waals surface area contributed by atoms with E-state index < -0.39 is 0 Å². The average Bonchev–Trinajstić information content (AvgIpc) is 2.70. The standard InChI is InChI=1S/C17H14FN3.C5H12N2/c1-11-4-2-3-5-13(11)12-6-7-14(15(18)8-12)16-9-21-17(19)10-20-16;1-7-4-2-6-3-5-7/h2-10H,1H3,(H2,19,21);6H,2-5H2,1H3. The van der Waals surface area contributed by atoms with Crippen LogP contribution in [0.25, 0.3) is 22.4 Å². The summed E-state index contributed by atoms with van der Waals surface area (Å²) in [5.74, 6) is -0.00878. The molecule has 0 spiro atoms. The lowest BCUT2D eigenvalue weighted by Gasteiger charge is -2.21. The Labute approximate surface area is 165 Å². The van der Waals surface area contributed by atoms with Gasteiger partial charge >= 0.3 is 0 Å². The summed E-state index contributed by atoms with van der Waals surface area (Å²) in [6.45, 7) is 6.75. The Bertz CT molecular complexity index is 905. The quantitative estimate of drug-likeness (QED) is 0.715. The Balaban J connectivity index is 0.000000271. The number of anilines is 1. The fourth-order valence-electron chi connectivity index (χ4n) is 3.04. The van der Waals surface area contributed by atoms with E-state index in [1.807, 2.05) is 37.3 Å². The molecule has 6 heteroatoms. The Kier molecular flexibility index (Phi) is 6.68. The SMILES string of the molecule is CN1CCNCC1.Cc1ccccc1-c1ccc(-c2cnc(N)cn2)c(F)c1. The number of halogens is 1. The second-order valence-electron chi connectivity index (χ2n) is 6.89. The molecule has 0 radical (unpaired) electrons. The number of nitrogens with zero attached hydrogens (tertiary/aromatic N) is 3. The van der Waals surface area contributed by atoms with E-state index in [2.05, 4.69) is 27.2 Å². The molecule has 1 saturated heterocycles. The predicted molar refractivity (Wildman–Crippen MR) is 112 cm³/mol. The fraction of sp³-hybridized carbons (Fsp3) is 0.273. The molecule has 146 valence electrons. The number of nitrogen functional groups attached to an aromatic ring is 1. The van der Waals surface area contributed by atoms with Gasteiger partial charge in [-0.1, -0.05) is 30.3 Å². The van der Waals surface area contributed by atoms with Crippen molar-refractivity contribution in [2.24, 2.45) is 0 Å². The monoisotopic (exact) mass is 379 g/mol. The maximum atomic E-state index is 14.4. The van der Waals surface area contributed by atoms with Crippen LogP contribution in [0.5, 0.6) is 0 Å². The minimum atomic E-state index is -0.324. The number of nitrogens with one attached hydrogen (secondary N) is 1. The van der Waals surface area contributed by atoms with Gasteiger partial charge in [0.1, 0.15) is 11.6 Å². The van der Waals surface area contributed by atoms with Crippen LogP contribution in [0, 0.1) is 12.7 Å². The summed E-state index contributed by atoms with van der Waals surface area (Å²) in [6, 6.07) is 13.0. The molecule has 1 aliphatic rings. The highest BCUT2D eigenvalue weighted by Crippen LogP contribution is 2.28. The van der Waals surface area contributed by atoms with Gasteiger partial charge in [0.25, 0.3) is 0 Å². The van der Waals surface area contributed by atoms with E-state index in [1.54, 1.807) is 6.07 Å². The lowest BCUT2D eigenvalue weighted by atomic mass is 9.98. The number of benzene rings is 2. The van der Waals surface area contributed by atoms with Crippen molar-refractivity contribution in [3.05, 3.63) is 66.2 Å². The fourth-order valence-corrected chi connectivity index (χ4v) is 3.04. The molecule has 1 aromatic heterocycles. The largest absolute Gasteiger partial charge is 0.382 e. The molecule has 3 N–H and O–H groups in total. The second kappa shape index (κ2) is 9.39. The van der Waals surface area contributed by atoms with Crippen molar-refractivity contribution in [1.82, 2.24) is 20.2 Å². The molecule has 5 nitrogen and oxygen atoms in total. The van der Waals surface area contributed by atoms with Gasteiger partial charge in [-0.3, -0.25) is 4.98 Å². The Hall–Kier alpha value is -2.83. The summed E-state index contributed by atoms with van der Waals surface area (Å²) in [5.41, 5.74) is 9.35. The molecule has 1 aliphatic heterocycles. The molecule has 0 atom stereocenters. The van der Waals surface area contributed by atoms with Crippen LogP contribution >= 0.6 is 0 Å². The number of nitrogens with two attached hydrogens (primary N) is 1. The summed E-state index contributed by atoms with van der Waals surface area (Å²) in [6.07, 6.45) is 2.89. The van der Waals surface area contributed by atoms with E-state index >= 15 is 0 Å². The molecule has 0 bridgehead atoms. The predicted octanol–water partition coefficient (Wildman–Crippen LogP) is 3.36. The van der Waals surface area contributed by atoms with Gasteiger partial charge in [0.15, 0.2) is 0 Å². The zero-order valence-corrected chi connectivity index (χ0v) is 16.3. The molecule has 0 aliphatic carbocycles. The smallest absolute Gasteiger partial charge is 0.141 e. The first-order valence-electron chi connectivity index (χ1n) is 9.37. The van der Waals surface area contributed by atoms with Gasteiger partial charge in [0, 0.05) is 31.7 Å². The minimum absolute atomic E-state index is 0.315. The minimum Gasteiger partial charge on any atom is -0.382 e. The summed E-state index contributed by atoms with van der Waals surface area (Å²) in [7, 11) is 2.15. The average molecular weight is 379 g/mol. The number of aryl methyl sites for hydroxylation is 1. The van der Waals surface area contributed by atoms with Crippen molar-refractivity contribution in [3.8, 4) is 22.4 Å². The number of rotatable bonds is 2. The maximum Gasteiger partial charge on any atom is 0.141 e. The van der Waals surface area contributed by atoms with Gasteiger partial charge in [-0.05, 0) is 42.8 Å². The highest BCUT2D eigenvalue weighted by Gasteiger charge is 2.10. The molecule has 2 heterocycles. The van der Waals surface area contributed by atoms with Crippen LogP contribution in [-0.2, 0) is 0 Å². The molecule has 0 unspecified atom stereocenters. The second-order valence-corrected chi connectivity index (χ2v) is 6.89. The molecule has 3 aromatic rings. The molecule has 28 heavy (non-hydrogen) atoms. The molecular weight excluding hydrogens is 353 g/mol. The Morgan fingerprint density at radius 1 is 1.00 bits per heavy atom. The first-order valence-corrected chi connectivity index (χ1v) is 9.37. The van der Waals surface area contributed by atoms with Crippen molar-refractivity contribution in [2.75, 3.05) is 39.0 Å². The zero-order valence-electron chi connectivity index (χ0n) is 16.3. The third-order valence-electron chi connectivity index (χ3n) is 4.71. The Morgan fingerprint density at radius 3 is 2.32 bits per heavy atom. The van der Waals surface area contributed by atoms with Crippen molar-refractivity contribution in [2.45, 2.75) is 6.92 Å². The summed E-state index contributed by atoms with van der Waals surface area (Å²) < 4.78 is 14.4. The molecule has 1 fully saturated rings. The number of piperazine rings is 1. The molecule has 2 aromatic carbocycles. The van der Waals surface area contributed by atoms with Crippen molar-refractivity contribution in [3.63, 3.8) is 0 Å². The van der Waals surface area contributed by atoms with Crippen LogP contribution in [0.3, 0.4) is 0 Å². The topological polar surface area (TPSA) is 67.1 Å². The van der Waals surface area contributed by atoms with Crippen LogP contribution in [-0.4, -0.2) is 48.1 Å². The van der Waals surface area contributed by atoms with E-state index in [1.165, 1.54) is 31.5 Å².